The topological polar surface area (TPSA) is 89.5 Å². The van der Waals surface area contributed by atoms with Crippen molar-refractivity contribution in [1.29, 1.82) is 0 Å². The fourth-order valence-corrected chi connectivity index (χ4v) is 4.71. The minimum absolute atomic E-state index is 0.0274. The van der Waals surface area contributed by atoms with Crippen molar-refractivity contribution in [3.05, 3.63) is 84.9 Å². The Morgan fingerprint density at radius 2 is 1.89 bits per heavy atom. The van der Waals surface area contributed by atoms with Gasteiger partial charge in [0.15, 0.2) is 5.65 Å². The van der Waals surface area contributed by atoms with Crippen molar-refractivity contribution in [2.75, 3.05) is 31.2 Å². The highest BCUT2D eigenvalue weighted by Gasteiger charge is 2.28. The third-order valence-electron chi connectivity index (χ3n) is 6.62. The lowest BCUT2D eigenvalue weighted by molar-refractivity contribution is -0.118. The van der Waals surface area contributed by atoms with E-state index in [1.807, 2.05) is 59.4 Å². The maximum Gasteiger partial charge on any atom is 0.238 e. The third-order valence-corrected chi connectivity index (χ3v) is 6.62. The summed E-state index contributed by atoms with van der Waals surface area (Å²) in [6.45, 7) is 4.66. The minimum Gasteiger partial charge on any atom is -0.457 e. The van der Waals surface area contributed by atoms with Gasteiger partial charge in [-0.05, 0) is 48.9 Å². The van der Waals surface area contributed by atoms with Crippen LogP contribution in [0.2, 0.25) is 0 Å². The zero-order chi connectivity index (χ0) is 24.2. The molecule has 1 aliphatic rings. The molecular formula is C27H30N6O2. The van der Waals surface area contributed by atoms with E-state index in [0.29, 0.717) is 6.54 Å². The zero-order valence-electron chi connectivity index (χ0n) is 19.8. The molecular weight excluding hydrogens is 440 g/mol. The molecule has 2 unspecified atom stereocenters. The number of hydrogen-bond acceptors (Lipinski definition) is 6. The molecule has 4 aromatic rings. The second kappa shape index (κ2) is 10.2. The summed E-state index contributed by atoms with van der Waals surface area (Å²) < 4.78 is 7.75. The lowest BCUT2D eigenvalue weighted by Crippen LogP contribution is -2.49. The number of fused-ring (bicyclic) bond motifs is 1. The van der Waals surface area contributed by atoms with Crippen molar-refractivity contribution < 1.29 is 9.53 Å². The molecule has 0 radical (unpaired) electrons. The highest BCUT2D eigenvalue weighted by atomic mass is 16.5. The summed E-state index contributed by atoms with van der Waals surface area (Å²) in [6.07, 6.45) is 6.04. The molecule has 5 rings (SSSR count). The summed E-state index contributed by atoms with van der Waals surface area (Å²) in [6, 6.07) is 20.0. The number of benzene rings is 2. The van der Waals surface area contributed by atoms with E-state index in [1.165, 1.54) is 11.9 Å². The number of nitrogens with two attached hydrogens (primary N) is 1. The first-order valence-electron chi connectivity index (χ1n) is 11.9. The van der Waals surface area contributed by atoms with E-state index in [0.717, 1.165) is 48.6 Å². The minimum atomic E-state index is -0.0274. The van der Waals surface area contributed by atoms with Gasteiger partial charge in [0.1, 0.15) is 17.8 Å². The Labute approximate surface area is 204 Å². The van der Waals surface area contributed by atoms with Crippen LogP contribution in [0.5, 0.6) is 11.5 Å². The monoisotopic (exact) mass is 470 g/mol. The molecule has 1 saturated heterocycles. The first kappa shape index (κ1) is 23.0. The summed E-state index contributed by atoms with van der Waals surface area (Å²) in [4.78, 5) is 23.3. The number of aromatic nitrogens is 3. The van der Waals surface area contributed by atoms with Gasteiger partial charge in [0.2, 0.25) is 5.91 Å². The molecule has 2 N–H and O–H groups in total. The number of para-hydroxylation sites is 1. The van der Waals surface area contributed by atoms with Crippen molar-refractivity contribution in [1.82, 2.24) is 19.5 Å². The molecule has 1 fully saturated rings. The Morgan fingerprint density at radius 3 is 2.66 bits per heavy atom. The molecule has 0 aliphatic carbocycles. The van der Waals surface area contributed by atoms with Crippen molar-refractivity contribution >= 4 is 16.9 Å². The molecule has 35 heavy (non-hydrogen) atoms. The average Bonchev–Trinajstić information content (AvgIpc) is 3.30. The van der Waals surface area contributed by atoms with Crippen LogP contribution in [-0.4, -0.2) is 57.7 Å². The van der Waals surface area contributed by atoms with E-state index in [2.05, 4.69) is 27.0 Å². The number of carbonyl (C=O) groups excluding carboxylic acids is 1. The Balaban J connectivity index is 1.24. The summed E-state index contributed by atoms with van der Waals surface area (Å²) >= 11 is 0. The Morgan fingerprint density at radius 1 is 1.11 bits per heavy atom. The third kappa shape index (κ3) is 5.18. The smallest absolute Gasteiger partial charge is 0.238 e. The molecule has 2 aromatic heterocycles. The quantitative estimate of drug-likeness (QED) is 0.445. The summed E-state index contributed by atoms with van der Waals surface area (Å²) in [5.41, 5.74) is 8.47. The van der Waals surface area contributed by atoms with E-state index < -0.39 is 0 Å². The van der Waals surface area contributed by atoms with Crippen LogP contribution in [0.25, 0.3) is 11.0 Å². The molecule has 8 nitrogen and oxygen atoms in total. The fraction of sp³-hybridized carbons (Fsp3) is 0.296. The first-order valence-corrected chi connectivity index (χ1v) is 11.9. The molecule has 180 valence electrons. The zero-order valence-corrected chi connectivity index (χ0v) is 19.8. The van der Waals surface area contributed by atoms with Crippen molar-refractivity contribution in [2.45, 2.75) is 25.3 Å². The van der Waals surface area contributed by atoms with Crippen LogP contribution in [0.1, 0.15) is 24.8 Å². The average molecular weight is 471 g/mol. The highest BCUT2D eigenvalue weighted by molar-refractivity contribution is 5.86. The fourth-order valence-electron chi connectivity index (χ4n) is 4.71. The Bertz CT molecular complexity index is 1270. The molecule has 3 heterocycles. The number of amides is 1. The van der Waals surface area contributed by atoms with Crippen LogP contribution in [0.15, 0.2) is 79.4 Å². The van der Waals surface area contributed by atoms with Gasteiger partial charge in [-0.15, -0.1) is 0 Å². The maximum atomic E-state index is 12.5. The molecule has 2 aromatic carbocycles. The predicted molar refractivity (Wildman–Crippen MR) is 136 cm³/mol. The Hall–Kier alpha value is -3.75. The number of rotatable bonds is 7. The lowest BCUT2D eigenvalue weighted by Gasteiger charge is -2.38. The van der Waals surface area contributed by atoms with Gasteiger partial charge in [-0.2, -0.15) is 0 Å². The van der Waals surface area contributed by atoms with Gasteiger partial charge in [-0.3, -0.25) is 4.79 Å². The first-order chi connectivity index (χ1) is 17.1. The number of carbonyl (C=O) groups is 1. The molecule has 8 heteroatoms. The molecule has 0 bridgehead atoms. The largest absolute Gasteiger partial charge is 0.457 e. The van der Waals surface area contributed by atoms with Gasteiger partial charge in [0.05, 0.1) is 6.54 Å². The number of likely N-dealkylation sites (tertiary alicyclic amines) is 1. The van der Waals surface area contributed by atoms with E-state index >= 15 is 0 Å². The van der Waals surface area contributed by atoms with E-state index in [-0.39, 0.29) is 17.9 Å². The normalized spacial score (nSPS) is 18.5. The van der Waals surface area contributed by atoms with E-state index in [1.54, 1.807) is 18.1 Å². The number of hydrogen-bond donors (Lipinski definition) is 1. The molecule has 0 saturated carbocycles. The predicted octanol–water partition coefficient (Wildman–Crippen LogP) is 3.52. The molecule has 2 atom stereocenters. The van der Waals surface area contributed by atoms with Crippen molar-refractivity contribution in [3.8, 4) is 11.5 Å². The summed E-state index contributed by atoms with van der Waals surface area (Å²) in [5.74, 6) is 1.82. The lowest BCUT2D eigenvalue weighted by atomic mass is 9.86. The SMILES string of the molecule is CC(=O)N(CCN1CCC(N)C(c2ccc(Oc3ccccc3)cc2)C1)n1ccc2cncnc21. The number of nitrogens with zero attached hydrogens (tertiary/aromatic N) is 5. The van der Waals surface area contributed by atoms with E-state index in [9.17, 15) is 4.79 Å². The van der Waals surface area contributed by atoms with Crippen LogP contribution in [0.3, 0.4) is 0 Å². The van der Waals surface area contributed by atoms with Gasteiger partial charge in [0, 0.05) is 49.8 Å². The molecule has 1 aliphatic heterocycles. The number of ether oxygens (including phenoxy) is 1. The van der Waals surface area contributed by atoms with Gasteiger partial charge in [0.25, 0.3) is 0 Å². The van der Waals surface area contributed by atoms with Crippen LogP contribution >= 0.6 is 0 Å². The summed E-state index contributed by atoms with van der Waals surface area (Å²) in [7, 11) is 0. The molecule has 1 amide bonds. The standard InChI is InChI=1S/C27H30N6O2/c1-20(34)32(33-14-11-22-17-29-19-30-27(22)33)16-15-31-13-12-26(28)25(18-31)21-7-9-24(10-8-21)35-23-5-3-2-4-6-23/h2-11,14,17,19,25-26H,12-13,15-16,18,28H2,1H3. The highest BCUT2D eigenvalue weighted by Crippen LogP contribution is 2.29. The second-order valence-corrected chi connectivity index (χ2v) is 8.95. The molecule has 0 spiro atoms. The van der Waals surface area contributed by atoms with Crippen LogP contribution < -0.4 is 15.5 Å². The van der Waals surface area contributed by atoms with Crippen molar-refractivity contribution in [3.63, 3.8) is 0 Å². The van der Waals surface area contributed by atoms with Crippen LogP contribution in [0, 0.1) is 0 Å². The maximum absolute atomic E-state index is 12.5. The number of piperidine rings is 1. The second-order valence-electron chi connectivity index (χ2n) is 8.95. The van der Waals surface area contributed by atoms with Gasteiger partial charge >= 0.3 is 0 Å². The van der Waals surface area contributed by atoms with Gasteiger partial charge in [-0.1, -0.05) is 30.3 Å². The van der Waals surface area contributed by atoms with Crippen LogP contribution in [-0.2, 0) is 4.79 Å². The van der Waals surface area contributed by atoms with Gasteiger partial charge in [-0.25, -0.2) is 19.7 Å². The summed E-state index contributed by atoms with van der Waals surface area (Å²) in [5, 5.41) is 2.64. The van der Waals surface area contributed by atoms with E-state index in [4.69, 9.17) is 10.5 Å². The van der Waals surface area contributed by atoms with Gasteiger partial charge < -0.3 is 15.4 Å². The van der Waals surface area contributed by atoms with Crippen molar-refractivity contribution in [2.24, 2.45) is 5.73 Å². The van der Waals surface area contributed by atoms with Crippen LogP contribution in [0.4, 0.5) is 0 Å². The Kier molecular flexibility index (Phi) is 6.74.